The van der Waals surface area contributed by atoms with Crippen molar-refractivity contribution in [2.45, 2.75) is 6.54 Å². The lowest BCUT2D eigenvalue weighted by Crippen LogP contribution is -2.49. The molecule has 0 aliphatic carbocycles. The van der Waals surface area contributed by atoms with Crippen molar-refractivity contribution in [2.24, 2.45) is 0 Å². The number of hydrogen-bond acceptors (Lipinski definition) is 8. The molecule has 0 saturated carbocycles. The summed E-state index contributed by atoms with van der Waals surface area (Å²) in [5.74, 6) is 1.47. The average molecular weight is 500 g/mol. The van der Waals surface area contributed by atoms with Gasteiger partial charge in [0.1, 0.15) is 5.82 Å². The van der Waals surface area contributed by atoms with Gasteiger partial charge in [-0.1, -0.05) is 6.07 Å². The van der Waals surface area contributed by atoms with E-state index in [1.807, 2.05) is 30.3 Å². The van der Waals surface area contributed by atoms with Gasteiger partial charge in [0, 0.05) is 50.7 Å². The predicted octanol–water partition coefficient (Wildman–Crippen LogP) is 2.85. The minimum Gasteiger partial charge on any atom is -0.454 e. The number of H-pyrrole nitrogens is 1. The summed E-state index contributed by atoms with van der Waals surface area (Å²) < 4.78 is 16.2. The number of hydrogen-bond donors (Lipinski definition) is 1. The van der Waals surface area contributed by atoms with Gasteiger partial charge in [0.15, 0.2) is 18.1 Å². The lowest BCUT2D eigenvalue weighted by atomic mass is 10.1. The van der Waals surface area contributed by atoms with Gasteiger partial charge in [0.05, 0.1) is 16.6 Å². The number of piperazine rings is 1. The summed E-state index contributed by atoms with van der Waals surface area (Å²) in [4.78, 5) is 41.2. The molecule has 2 aromatic heterocycles. The molecule has 0 atom stereocenters. The molecule has 1 saturated heterocycles. The topological polar surface area (TPSA) is 110 Å². The molecule has 4 heterocycles. The Labute approximate surface area is 212 Å². The van der Waals surface area contributed by atoms with E-state index in [0.717, 1.165) is 47.8 Å². The van der Waals surface area contributed by atoms with Crippen molar-refractivity contribution in [3.05, 3.63) is 72.1 Å². The molecule has 0 radical (unpaired) electrons. The number of nitrogens with one attached hydrogen (secondary N) is 1. The molecule has 1 N–H and O–H groups in total. The number of rotatable bonds is 6. The number of imidazole rings is 1. The smallest absolute Gasteiger partial charge is 0.338 e. The first kappa shape index (κ1) is 23.0. The zero-order valence-electron chi connectivity index (χ0n) is 20.1. The highest BCUT2D eigenvalue weighted by atomic mass is 16.7. The lowest BCUT2D eigenvalue weighted by Gasteiger charge is -2.34. The number of benzene rings is 2. The van der Waals surface area contributed by atoms with Crippen molar-refractivity contribution in [1.82, 2.24) is 24.8 Å². The Bertz CT molecular complexity index is 1450. The highest BCUT2D eigenvalue weighted by Crippen LogP contribution is 2.32. The van der Waals surface area contributed by atoms with Gasteiger partial charge in [-0.25, -0.2) is 9.78 Å². The SMILES string of the molecule is O=C(OCC(=O)N1CCN(Cc2ccc3c(c2)OCO3)CC1)c1ccc2nc(-c3cccnc3)[nH]c2c1. The Kier molecular flexibility index (Phi) is 6.15. The second-order valence-electron chi connectivity index (χ2n) is 8.98. The van der Waals surface area contributed by atoms with E-state index < -0.39 is 5.97 Å². The van der Waals surface area contributed by atoms with Crippen molar-refractivity contribution in [1.29, 1.82) is 0 Å². The van der Waals surface area contributed by atoms with Gasteiger partial charge in [-0.15, -0.1) is 0 Å². The molecule has 1 amide bonds. The quantitative estimate of drug-likeness (QED) is 0.404. The van der Waals surface area contributed by atoms with E-state index in [9.17, 15) is 9.59 Å². The Balaban J connectivity index is 1.00. The Morgan fingerprint density at radius 3 is 2.70 bits per heavy atom. The van der Waals surface area contributed by atoms with Crippen LogP contribution in [0, 0.1) is 0 Å². The maximum atomic E-state index is 12.7. The Morgan fingerprint density at radius 2 is 1.86 bits per heavy atom. The Morgan fingerprint density at radius 1 is 1.00 bits per heavy atom. The highest BCUT2D eigenvalue weighted by Gasteiger charge is 2.23. The monoisotopic (exact) mass is 499 g/mol. The first-order valence-electron chi connectivity index (χ1n) is 12.1. The van der Waals surface area contributed by atoms with Crippen LogP contribution in [0.25, 0.3) is 22.4 Å². The number of fused-ring (bicyclic) bond motifs is 2. The van der Waals surface area contributed by atoms with Crippen molar-refractivity contribution >= 4 is 22.9 Å². The fourth-order valence-electron chi connectivity index (χ4n) is 4.53. The molecular formula is C27H25N5O5. The van der Waals surface area contributed by atoms with Gasteiger partial charge in [0.2, 0.25) is 6.79 Å². The van der Waals surface area contributed by atoms with Gasteiger partial charge in [0.25, 0.3) is 5.91 Å². The number of carbonyl (C=O) groups is 2. The van der Waals surface area contributed by atoms with Crippen molar-refractivity contribution < 1.29 is 23.8 Å². The molecule has 2 aliphatic heterocycles. The standard InChI is InChI=1S/C27H25N5O5/c33-25(32-10-8-31(9-11-32)15-18-3-6-23-24(12-18)37-17-36-23)16-35-27(34)19-4-5-21-22(13-19)30-26(29-21)20-2-1-7-28-14-20/h1-7,12-14H,8-11,15-17H2,(H,29,30). The zero-order valence-corrected chi connectivity index (χ0v) is 20.1. The summed E-state index contributed by atoms with van der Waals surface area (Å²) >= 11 is 0. The summed E-state index contributed by atoms with van der Waals surface area (Å²) in [6.45, 7) is 3.38. The molecule has 188 valence electrons. The molecule has 2 aromatic carbocycles. The van der Waals surface area contributed by atoms with Crippen LogP contribution in [0.5, 0.6) is 11.5 Å². The van der Waals surface area contributed by atoms with Crippen LogP contribution in [0.15, 0.2) is 60.9 Å². The van der Waals surface area contributed by atoms with Crippen LogP contribution in [0.2, 0.25) is 0 Å². The molecule has 4 aromatic rings. The number of aromatic nitrogens is 3. The number of carbonyl (C=O) groups excluding carboxylic acids is 2. The van der Waals surface area contributed by atoms with E-state index >= 15 is 0 Å². The fraction of sp³-hybridized carbons (Fsp3) is 0.259. The van der Waals surface area contributed by atoms with E-state index in [1.54, 1.807) is 35.5 Å². The third-order valence-electron chi connectivity index (χ3n) is 6.55. The maximum absolute atomic E-state index is 12.7. The molecule has 10 heteroatoms. The minimum absolute atomic E-state index is 0.197. The molecule has 0 unspecified atom stereocenters. The second kappa shape index (κ2) is 9.90. The highest BCUT2D eigenvalue weighted by molar-refractivity contribution is 5.95. The molecule has 1 fully saturated rings. The van der Waals surface area contributed by atoms with Crippen LogP contribution in [-0.2, 0) is 16.1 Å². The fourth-order valence-corrected chi connectivity index (χ4v) is 4.53. The van der Waals surface area contributed by atoms with Crippen LogP contribution in [0.1, 0.15) is 15.9 Å². The van der Waals surface area contributed by atoms with Gasteiger partial charge < -0.3 is 24.1 Å². The number of ether oxygens (including phenoxy) is 3. The number of pyridine rings is 1. The predicted molar refractivity (Wildman–Crippen MR) is 134 cm³/mol. The number of aromatic amines is 1. The largest absolute Gasteiger partial charge is 0.454 e. The molecule has 2 aliphatic rings. The van der Waals surface area contributed by atoms with Crippen LogP contribution in [-0.4, -0.2) is 76.2 Å². The molecule has 0 bridgehead atoms. The van der Waals surface area contributed by atoms with Crippen LogP contribution < -0.4 is 9.47 Å². The van der Waals surface area contributed by atoms with Gasteiger partial charge in [-0.2, -0.15) is 0 Å². The molecular weight excluding hydrogens is 474 g/mol. The van der Waals surface area contributed by atoms with E-state index in [2.05, 4.69) is 19.9 Å². The van der Waals surface area contributed by atoms with Gasteiger partial charge in [-0.3, -0.25) is 14.7 Å². The lowest BCUT2D eigenvalue weighted by molar-refractivity contribution is -0.136. The first-order chi connectivity index (χ1) is 18.1. The van der Waals surface area contributed by atoms with Gasteiger partial charge in [-0.05, 0) is 48.0 Å². The number of esters is 1. The van der Waals surface area contributed by atoms with Crippen molar-refractivity contribution in [3.63, 3.8) is 0 Å². The molecule has 0 spiro atoms. The zero-order chi connectivity index (χ0) is 25.2. The van der Waals surface area contributed by atoms with Gasteiger partial charge >= 0.3 is 5.97 Å². The first-order valence-corrected chi connectivity index (χ1v) is 12.1. The summed E-state index contributed by atoms with van der Waals surface area (Å²) in [5.41, 5.74) is 3.78. The summed E-state index contributed by atoms with van der Waals surface area (Å²) in [6.07, 6.45) is 3.41. The van der Waals surface area contributed by atoms with Crippen LogP contribution in [0.3, 0.4) is 0 Å². The minimum atomic E-state index is -0.547. The van der Waals surface area contributed by atoms with E-state index in [1.165, 1.54) is 0 Å². The third-order valence-corrected chi connectivity index (χ3v) is 6.55. The normalized spacial score (nSPS) is 15.2. The van der Waals surface area contributed by atoms with E-state index in [4.69, 9.17) is 14.2 Å². The van der Waals surface area contributed by atoms with Crippen LogP contribution in [0.4, 0.5) is 0 Å². The van der Waals surface area contributed by atoms with Crippen molar-refractivity contribution in [2.75, 3.05) is 39.6 Å². The second-order valence-corrected chi connectivity index (χ2v) is 8.98. The van der Waals surface area contributed by atoms with E-state index in [0.29, 0.717) is 30.0 Å². The molecule has 6 rings (SSSR count). The van der Waals surface area contributed by atoms with E-state index in [-0.39, 0.29) is 19.3 Å². The Hall–Kier alpha value is -4.44. The maximum Gasteiger partial charge on any atom is 0.338 e. The summed E-state index contributed by atoms with van der Waals surface area (Å²) in [7, 11) is 0. The van der Waals surface area contributed by atoms with Crippen LogP contribution >= 0.6 is 0 Å². The molecule has 10 nitrogen and oxygen atoms in total. The summed E-state index contributed by atoms with van der Waals surface area (Å²) in [5, 5.41) is 0. The third kappa shape index (κ3) is 4.96. The van der Waals surface area contributed by atoms with Crippen molar-refractivity contribution in [3.8, 4) is 22.9 Å². The number of amides is 1. The summed E-state index contributed by atoms with van der Waals surface area (Å²) in [6, 6.07) is 14.8. The number of nitrogens with zero attached hydrogens (tertiary/aromatic N) is 4. The average Bonchev–Trinajstić information content (AvgIpc) is 3.59. The molecule has 37 heavy (non-hydrogen) atoms.